The molecule has 0 spiro atoms. The van der Waals surface area contributed by atoms with E-state index in [2.05, 4.69) is 20.4 Å². The van der Waals surface area contributed by atoms with Crippen LogP contribution in [0.2, 0.25) is 0 Å². The number of esters is 1. The molecule has 7 nitrogen and oxygen atoms in total. The molecule has 2 atom stereocenters. The van der Waals surface area contributed by atoms with Gasteiger partial charge in [0.25, 0.3) is 0 Å². The first-order valence-electron chi connectivity index (χ1n) is 3.95. The molecule has 0 aromatic carbocycles. The van der Waals surface area contributed by atoms with Crippen molar-refractivity contribution in [2.24, 2.45) is 0 Å². The highest BCUT2D eigenvalue weighted by Gasteiger charge is 2.22. The topological polar surface area (TPSA) is 102 Å². The lowest BCUT2D eigenvalue weighted by Crippen LogP contribution is -2.22. The maximum atomic E-state index is 10.9. The summed E-state index contributed by atoms with van der Waals surface area (Å²) < 4.78 is 23.8. The van der Waals surface area contributed by atoms with Gasteiger partial charge in [-0.3, -0.25) is 14.2 Å². The predicted octanol–water partition coefficient (Wildman–Crippen LogP) is 0.187. The number of carbonyl (C=O) groups excluding carboxylic acids is 1. The SMILES string of the molecule is C=COP(=O)(O)OCC(O)COC(C)=O. The maximum Gasteiger partial charge on any atom is 0.526 e. The van der Waals surface area contributed by atoms with Gasteiger partial charge in [0.2, 0.25) is 0 Å². The summed E-state index contributed by atoms with van der Waals surface area (Å²) in [5.74, 6) is -0.566. The number of aliphatic hydroxyl groups excluding tert-OH is 1. The molecular weight excluding hydrogens is 227 g/mol. The molecule has 0 radical (unpaired) electrons. The van der Waals surface area contributed by atoms with Crippen LogP contribution in [0.1, 0.15) is 6.92 Å². The molecule has 15 heavy (non-hydrogen) atoms. The Kier molecular flexibility index (Phi) is 6.19. The molecule has 0 saturated heterocycles. The van der Waals surface area contributed by atoms with Crippen molar-refractivity contribution in [3.8, 4) is 0 Å². The first-order chi connectivity index (χ1) is 6.87. The van der Waals surface area contributed by atoms with E-state index in [1.165, 1.54) is 6.92 Å². The summed E-state index contributed by atoms with van der Waals surface area (Å²) in [5, 5.41) is 9.11. The van der Waals surface area contributed by atoms with E-state index in [0.29, 0.717) is 0 Å². The van der Waals surface area contributed by atoms with E-state index in [0.717, 1.165) is 6.26 Å². The molecule has 0 aromatic rings. The van der Waals surface area contributed by atoms with Crippen LogP contribution in [-0.4, -0.2) is 35.3 Å². The quantitative estimate of drug-likeness (QED) is 0.372. The number of ether oxygens (including phenoxy) is 1. The zero-order chi connectivity index (χ0) is 11.9. The molecule has 0 aliphatic heterocycles. The van der Waals surface area contributed by atoms with Crippen molar-refractivity contribution in [1.29, 1.82) is 0 Å². The van der Waals surface area contributed by atoms with E-state index in [-0.39, 0.29) is 6.61 Å². The summed E-state index contributed by atoms with van der Waals surface area (Å²) in [6.07, 6.45) is -0.443. The van der Waals surface area contributed by atoms with Crippen LogP contribution >= 0.6 is 7.82 Å². The van der Waals surface area contributed by atoms with Crippen molar-refractivity contribution in [2.75, 3.05) is 13.2 Å². The largest absolute Gasteiger partial charge is 0.526 e. The molecule has 0 aromatic heterocycles. The highest BCUT2D eigenvalue weighted by Crippen LogP contribution is 2.43. The average Bonchev–Trinajstić information content (AvgIpc) is 2.11. The summed E-state index contributed by atoms with van der Waals surface area (Å²) in [6, 6.07) is 0. The molecule has 0 fully saturated rings. The minimum atomic E-state index is -4.21. The van der Waals surface area contributed by atoms with Crippen LogP contribution in [0, 0.1) is 0 Å². The van der Waals surface area contributed by atoms with Crippen LogP contribution in [0.5, 0.6) is 0 Å². The standard InChI is InChI=1S/C7H13O7P/c1-3-13-15(10,11)14-5-7(9)4-12-6(2)8/h3,7,9H,1,4-5H2,2H3,(H,10,11). The number of phosphoric acid groups is 1. The number of rotatable bonds is 7. The summed E-state index contributed by atoms with van der Waals surface area (Å²) >= 11 is 0. The van der Waals surface area contributed by atoms with Crippen LogP contribution in [0.25, 0.3) is 0 Å². The molecule has 2 unspecified atom stereocenters. The second kappa shape index (κ2) is 6.58. The summed E-state index contributed by atoms with van der Waals surface area (Å²) in [4.78, 5) is 19.2. The molecule has 0 aliphatic carbocycles. The first kappa shape index (κ1) is 14.1. The van der Waals surface area contributed by atoms with Gasteiger partial charge in [0.1, 0.15) is 12.7 Å². The van der Waals surface area contributed by atoms with Gasteiger partial charge in [-0.2, -0.15) is 0 Å². The smallest absolute Gasteiger partial charge is 0.463 e. The van der Waals surface area contributed by atoms with Crippen molar-refractivity contribution in [1.82, 2.24) is 0 Å². The molecular formula is C7H13O7P. The predicted molar refractivity (Wildman–Crippen MR) is 49.7 cm³/mol. The normalized spacial score (nSPS) is 16.2. The monoisotopic (exact) mass is 240 g/mol. The van der Waals surface area contributed by atoms with E-state index in [1.54, 1.807) is 0 Å². The zero-order valence-corrected chi connectivity index (χ0v) is 9.05. The van der Waals surface area contributed by atoms with Crippen molar-refractivity contribution >= 4 is 13.8 Å². The molecule has 8 heteroatoms. The second-order valence-electron chi connectivity index (χ2n) is 2.49. The van der Waals surface area contributed by atoms with E-state index >= 15 is 0 Å². The summed E-state index contributed by atoms with van der Waals surface area (Å²) in [5.41, 5.74) is 0. The maximum absolute atomic E-state index is 10.9. The van der Waals surface area contributed by atoms with Crippen LogP contribution in [-0.2, 0) is 23.1 Å². The highest BCUT2D eigenvalue weighted by molar-refractivity contribution is 7.47. The average molecular weight is 240 g/mol. The third-order valence-electron chi connectivity index (χ3n) is 1.12. The van der Waals surface area contributed by atoms with Gasteiger partial charge in [-0.15, -0.1) is 0 Å². The lowest BCUT2D eigenvalue weighted by atomic mass is 10.4. The Hall–Kier alpha value is -0.880. The van der Waals surface area contributed by atoms with Gasteiger partial charge < -0.3 is 14.4 Å². The first-order valence-corrected chi connectivity index (χ1v) is 5.45. The number of phosphoric ester groups is 1. The number of hydrogen-bond acceptors (Lipinski definition) is 6. The Balaban J connectivity index is 3.79. The second-order valence-corrected chi connectivity index (χ2v) is 3.90. The molecule has 2 N–H and O–H groups in total. The lowest BCUT2D eigenvalue weighted by molar-refractivity contribution is -0.144. The van der Waals surface area contributed by atoms with Gasteiger partial charge in [-0.25, -0.2) is 4.57 Å². The van der Waals surface area contributed by atoms with E-state index in [9.17, 15) is 9.36 Å². The van der Waals surface area contributed by atoms with Crippen molar-refractivity contribution in [2.45, 2.75) is 13.0 Å². The Morgan fingerprint density at radius 3 is 2.67 bits per heavy atom. The van der Waals surface area contributed by atoms with Gasteiger partial charge in [0, 0.05) is 6.92 Å². The fourth-order valence-electron chi connectivity index (χ4n) is 0.567. The Morgan fingerprint density at radius 2 is 2.20 bits per heavy atom. The van der Waals surface area contributed by atoms with Gasteiger partial charge in [0.15, 0.2) is 0 Å². The van der Waals surface area contributed by atoms with Crippen LogP contribution in [0.4, 0.5) is 0 Å². The van der Waals surface area contributed by atoms with Gasteiger partial charge in [0.05, 0.1) is 12.9 Å². The number of hydrogen-bond donors (Lipinski definition) is 2. The van der Waals surface area contributed by atoms with Gasteiger partial charge in [-0.05, 0) is 0 Å². The van der Waals surface area contributed by atoms with Crippen LogP contribution in [0.15, 0.2) is 12.8 Å². The van der Waals surface area contributed by atoms with Gasteiger partial charge >= 0.3 is 13.8 Å². The zero-order valence-electron chi connectivity index (χ0n) is 8.16. The number of carbonyl (C=O) groups is 1. The highest BCUT2D eigenvalue weighted by atomic mass is 31.2. The molecule has 0 amide bonds. The summed E-state index contributed by atoms with van der Waals surface area (Å²) in [6.45, 7) is 3.43. The molecule has 0 rings (SSSR count). The van der Waals surface area contributed by atoms with Crippen molar-refractivity contribution < 1.29 is 33.1 Å². The van der Waals surface area contributed by atoms with E-state index in [1.807, 2.05) is 0 Å². The molecule has 0 heterocycles. The van der Waals surface area contributed by atoms with Gasteiger partial charge in [-0.1, -0.05) is 6.58 Å². The Morgan fingerprint density at radius 1 is 1.60 bits per heavy atom. The summed E-state index contributed by atoms with van der Waals surface area (Å²) in [7, 11) is -4.21. The fourth-order valence-corrected chi connectivity index (χ4v) is 1.18. The minimum Gasteiger partial charge on any atom is -0.463 e. The molecule has 0 bridgehead atoms. The van der Waals surface area contributed by atoms with Crippen LogP contribution in [0.3, 0.4) is 0 Å². The molecule has 0 aliphatic rings. The van der Waals surface area contributed by atoms with Crippen LogP contribution < -0.4 is 0 Å². The van der Waals surface area contributed by atoms with E-state index < -0.39 is 26.5 Å². The van der Waals surface area contributed by atoms with Crippen molar-refractivity contribution in [3.05, 3.63) is 12.8 Å². The lowest BCUT2D eigenvalue weighted by Gasteiger charge is -2.13. The fraction of sp³-hybridized carbons (Fsp3) is 0.571. The Labute approximate surface area is 86.9 Å². The van der Waals surface area contributed by atoms with E-state index in [4.69, 9.17) is 10.00 Å². The third kappa shape index (κ3) is 8.14. The molecule has 88 valence electrons. The Bertz CT molecular complexity index is 264. The minimum absolute atomic E-state index is 0.316. The molecule has 0 saturated carbocycles. The van der Waals surface area contributed by atoms with Crippen molar-refractivity contribution in [3.63, 3.8) is 0 Å². The third-order valence-corrected chi connectivity index (χ3v) is 2.01. The number of aliphatic hydroxyl groups is 1.